The van der Waals surface area contributed by atoms with E-state index in [1.807, 2.05) is 13.8 Å². The van der Waals surface area contributed by atoms with Gasteiger partial charge in [0.2, 0.25) is 5.91 Å². The number of H-pyrrole nitrogens is 1. The number of halogens is 1. The summed E-state index contributed by atoms with van der Waals surface area (Å²) in [4.78, 5) is 26.3. The fraction of sp³-hybridized carbons (Fsp3) is 0.286. The van der Waals surface area contributed by atoms with E-state index in [0.29, 0.717) is 17.8 Å². The van der Waals surface area contributed by atoms with E-state index in [-0.39, 0.29) is 29.8 Å². The van der Waals surface area contributed by atoms with Gasteiger partial charge in [-0.3, -0.25) is 14.9 Å². The first-order valence-corrected chi connectivity index (χ1v) is 9.12. The average Bonchev–Trinajstić information content (AvgIpc) is 3.08. The number of nitrogens with one attached hydrogen (secondary N) is 2. The van der Waals surface area contributed by atoms with Gasteiger partial charge in [-0.15, -0.1) is 0 Å². The summed E-state index contributed by atoms with van der Waals surface area (Å²) in [6.45, 7) is 4.58. The molecule has 0 radical (unpaired) electrons. The summed E-state index contributed by atoms with van der Waals surface area (Å²) < 4.78 is 13.4. The minimum absolute atomic E-state index is 0.0181. The van der Waals surface area contributed by atoms with Crippen LogP contribution in [0.2, 0.25) is 0 Å². The molecule has 6 nitrogen and oxygen atoms in total. The summed E-state index contributed by atoms with van der Waals surface area (Å²) in [6, 6.07) is 10.6. The molecule has 1 amide bonds. The summed E-state index contributed by atoms with van der Waals surface area (Å²) in [7, 11) is 0. The van der Waals surface area contributed by atoms with Crippen molar-refractivity contribution in [3.63, 3.8) is 0 Å². The molecule has 1 atom stereocenters. The Morgan fingerprint density at radius 3 is 2.57 bits per heavy atom. The zero-order valence-corrected chi connectivity index (χ0v) is 15.7. The normalized spacial score (nSPS) is 12.3. The Labute approximate surface area is 161 Å². The second-order valence-electron chi connectivity index (χ2n) is 7.24. The fourth-order valence-electron chi connectivity index (χ4n) is 3.21. The lowest BCUT2D eigenvalue weighted by atomic mass is 9.88. The Kier molecular flexibility index (Phi) is 5.73. The number of benzene rings is 2. The van der Waals surface area contributed by atoms with Gasteiger partial charge in [0.15, 0.2) is 0 Å². The molecule has 0 unspecified atom stereocenters. The Morgan fingerprint density at radius 1 is 1.21 bits per heavy atom. The molecule has 3 rings (SSSR count). The van der Waals surface area contributed by atoms with Crippen LogP contribution in [0.1, 0.15) is 37.3 Å². The van der Waals surface area contributed by atoms with E-state index in [4.69, 9.17) is 0 Å². The predicted molar refractivity (Wildman–Crippen MR) is 106 cm³/mol. The molecule has 0 fully saturated rings. The Morgan fingerprint density at radius 2 is 1.93 bits per heavy atom. The van der Waals surface area contributed by atoms with Crippen LogP contribution in [0, 0.1) is 21.8 Å². The number of aromatic nitrogens is 1. The number of non-ortho nitro benzene ring substituents is 1. The molecule has 0 saturated heterocycles. The van der Waals surface area contributed by atoms with Gasteiger partial charge in [0.1, 0.15) is 5.82 Å². The Balaban J connectivity index is 2.02. The standard InChI is InChI=1S/C21H22FN3O3/c1-13(2)11-24-21(26)10-17(14-3-5-15(22)6-4-14)19-12-23-20-8-7-16(25(27)28)9-18(19)20/h3-9,12-13,17,23H,10-11H2,1-2H3,(H,24,26)/t17-/m1/s1. The third kappa shape index (κ3) is 4.36. The minimum atomic E-state index is -0.446. The smallest absolute Gasteiger partial charge is 0.270 e. The number of rotatable bonds is 7. The molecule has 2 aromatic carbocycles. The zero-order valence-electron chi connectivity index (χ0n) is 15.7. The monoisotopic (exact) mass is 383 g/mol. The van der Waals surface area contributed by atoms with Gasteiger partial charge in [0, 0.05) is 48.1 Å². The third-order valence-electron chi connectivity index (χ3n) is 4.65. The molecule has 7 heteroatoms. The van der Waals surface area contributed by atoms with Gasteiger partial charge < -0.3 is 10.3 Å². The zero-order chi connectivity index (χ0) is 20.3. The van der Waals surface area contributed by atoms with Gasteiger partial charge in [-0.05, 0) is 35.2 Å². The molecule has 146 valence electrons. The molecule has 1 aromatic heterocycles. The van der Waals surface area contributed by atoms with Crippen LogP contribution < -0.4 is 5.32 Å². The first-order valence-electron chi connectivity index (χ1n) is 9.12. The highest BCUT2D eigenvalue weighted by Crippen LogP contribution is 2.35. The summed E-state index contributed by atoms with van der Waals surface area (Å²) in [5.41, 5.74) is 2.27. The minimum Gasteiger partial charge on any atom is -0.361 e. The fourth-order valence-corrected chi connectivity index (χ4v) is 3.21. The maximum atomic E-state index is 13.4. The van der Waals surface area contributed by atoms with Crippen LogP contribution in [0.3, 0.4) is 0 Å². The van der Waals surface area contributed by atoms with Crippen LogP contribution in [0.15, 0.2) is 48.7 Å². The van der Waals surface area contributed by atoms with Crippen molar-refractivity contribution in [1.82, 2.24) is 10.3 Å². The lowest BCUT2D eigenvalue weighted by molar-refractivity contribution is -0.384. The van der Waals surface area contributed by atoms with Crippen molar-refractivity contribution in [2.24, 2.45) is 5.92 Å². The van der Waals surface area contributed by atoms with Crippen LogP contribution >= 0.6 is 0 Å². The van der Waals surface area contributed by atoms with Gasteiger partial charge in [-0.2, -0.15) is 0 Å². The summed E-state index contributed by atoms with van der Waals surface area (Å²) in [5, 5.41) is 14.8. The van der Waals surface area contributed by atoms with Crippen LogP contribution in [0.5, 0.6) is 0 Å². The molecular formula is C21H22FN3O3. The Hall–Kier alpha value is -3.22. The number of nitro groups is 1. The lowest BCUT2D eigenvalue weighted by Gasteiger charge is -2.18. The number of carbonyl (C=O) groups excluding carboxylic acids is 1. The van der Waals surface area contributed by atoms with Gasteiger partial charge in [-0.25, -0.2) is 4.39 Å². The van der Waals surface area contributed by atoms with E-state index in [2.05, 4.69) is 10.3 Å². The van der Waals surface area contributed by atoms with Gasteiger partial charge in [0.25, 0.3) is 5.69 Å². The molecule has 0 bridgehead atoms. The molecule has 0 aliphatic rings. The van der Waals surface area contributed by atoms with Crippen molar-refractivity contribution in [1.29, 1.82) is 0 Å². The summed E-state index contributed by atoms with van der Waals surface area (Å²) in [6.07, 6.45) is 1.92. The average molecular weight is 383 g/mol. The molecule has 0 aliphatic heterocycles. The first kappa shape index (κ1) is 19.5. The maximum absolute atomic E-state index is 13.4. The summed E-state index contributed by atoms with van der Waals surface area (Å²) in [5.74, 6) is -0.517. The lowest BCUT2D eigenvalue weighted by Crippen LogP contribution is -2.28. The van der Waals surface area contributed by atoms with Crippen molar-refractivity contribution in [2.45, 2.75) is 26.2 Å². The number of amides is 1. The molecule has 0 aliphatic carbocycles. The van der Waals surface area contributed by atoms with E-state index in [1.165, 1.54) is 24.3 Å². The predicted octanol–water partition coefficient (Wildman–Crippen LogP) is 4.51. The van der Waals surface area contributed by atoms with Gasteiger partial charge in [0.05, 0.1) is 4.92 Å². The molecule has 3 aromatic rings. The highest BCUT2D eigenvalue weighted by molar-refractivity contribution is 5.87. The van der Waals surface area contributed by atoms with Crippen LogP contribution in [-0.4, -0.2) is 22.4 Å². The van der Waals surface area contributed by atoms with Crippen LogP contribution in [0.25, 0.3) is 10.9 Å². The summed E-state index contributed by atoms with van der Waals surface area (Å²) >= 11 is 0. The highest BCUT2D eigenvalue weighted by atomic mass is 19.1. The number of aromatic amines is 1. The van der Waals surface area contributed by atoms with Crippen molar-refractivity contribution in [2.75, 3.05) is 6.54 Å². The van der Waals surface area contributed by atoms with Gasteiger partial charge in [-0.1, -0.05) is 26.0 Å². The number of nitrogens with zero attached hydrogens (tertiary/aromatic N) is 1. The highest BCUT2D eigenvalue weighted by Gasteiger charge is 2.23. The molecular weight excluding hydrogens is 361 g/mol. The van der Waals surface area contributed by atoms with E-state index in [1.54, 1.807) is 24.4 Å². The van der Waals surface area contributed by atoms with E-state index >= 15 is 0 Å². The first-order chi connectivity index (χ1) is 13.3. The Bertz CT molecular complexity index is 996. The number of hydrogen-bond donors (Lipinski definition) is 2. The second kappa shape index (κ2) is 8.21. The van der Waals surface area contributed by atoms with Crippen molar-refractivity contribution in [3.05, 3.63) is 75.7 Å². The largest absolute Gasteiger partial charge is 0.361 e. The molecule has 2 N–H and O–H groups in total. The van der Waals surface area contributed by atoms with Crippen LogP contribution in [-0.2, 0) is 4.79 Å². The van der Waals surface area contributed by atoms with Crippen molar-refractivity contribution in [3.8, 4) is 0 Å². The molecule has 1 heterocycles. The van der Waals surface area contributed by atoms with E-state index in [0.717, 1.165) is 16.6 Å². The number of hydrogen-bond acceptors (Lipinski definition) is 3. The second-order valence-corrected chi connectivity index (χ2v) is 7.24. The molecule has 28 heavy (non-hydrogen) atoms. The quantitative estimate of drug-likeness (QED) is 0.465. The van der Waals surface area contributed by atoms with E-state index in [9.17, 15) is 19.3 Å². The third-order valence-corrected chi connectivity index (χ3v) is 4.65. The van der Waals surface area contributed by atoms with Gasteiger partial charge >= 0.3 is 0 Å². The van der Waals surface area contributed by atoms with Crippen molar-refractivity contribution < 1.29 is 14.1 Å². The molecule has 0 saturated carbocycles. The van der Waals surface area contributed by atoms with Crippen molar-refractivity contribution >= 4 is 22.5 Å². The maximum Gasteiger partial charge on any atom is 0.270 e. The number of fused-ring (bicyclic) bond motifs is 1. The van der Waals surface area contributed by atoms with E-state index < -0.39 is 4.92 Å². The molecule has 0 spiro atoms. The SMILES string of the molecule is CC(C)CNC(=O)C[C@H](c1ccc(F)cc1)c1c[nH]c2ccc([N+](=O)[O-])cc12. The number of nitro benzene ring substituents is 1. The topological polar surface area (TPSA) is 88.0 Å². The number of carbonyl (C=O) groups is 1. The van der Waals surface area contributed by atoms with Crippen LogP contribution in [0.4, 0.5) is 10.1 Å².